The molecule has 0 bridgehead atoms. The van der Waals surface area contributed by atoms with Gasteiger partial charge in [-0.2, -0.15) is 0 Å². The number of halogens is 1. The second kappa shape index (κ2) is 6.79. The van der Waals surface area contributed by atoms with Crippen molar-refractivity contribution in [2.24, 2.45) is 0 Å². The van der Waals surface area contributed by atoms with Crippen LogP contribution < -0.4 is 9.64 Å². The predicted octanol–water partition coefficient (Wildman–Crippen LogP) is 3.16. The van der Waals surface area contributed by atoms with Gasteiger partial charge in [-0.05, 0) is 42.0 Å². The van der Waals surface area contributed by atoms with Crippen molar-refractivity contribution in [3.8, 4) is 5.75 Å². The van der Waals surface area contributed by atoms with E-state index in [1.165, 1.54) is 17.7 Å². The Morgan fingerprint density at radius 3 is 2.14 bits per heavy atom. The summed E-state index contributed by atoms with van der Waals surface area (Å²) in [5, 5.41) is 0. The van der Waals surface area contributed by atoms with Crippen LogP contribution in [0.1, 0.15) is 5.56 Å². The van der Waals surface area contributed by atoms with E-state index in [9.17, 15) is 4.39 Å². The van der Waals surface area contributed by atoms with Gasteiger partial charge in [-0.25, -0.2) is 4.39 Å². The SMILES string of the molecule is COc1ccc(CN2CCN(c3ccc(F)cc3)CC2)cc1. The third-order valence-corrected chi connectivity index (χ3v) is 4.13. The first-order valence-electron chi connectivity index (χ1n) is 7.60. The van der Waals surface area contributed by atoms with E-state index in [2.05, 4.69) is 21.9 Å². The first kappa shape index (κ1) is 14.9. The molecule has 0 amide bonds. The van der Waals surface area contributed by atoms with Gasteiger partial charge < -0.3 is 9.64 Å². The zero-order chi connectivity index (χ0) is 15.4. The molecule has 3 nitrogen and oxygen atoms in total. The van der Waals surface area contributed by atoms with Gasteiger partial charge in [-0.15, -0.1) is 0 Å². The number of benzene rings is 2. The zero-order valence-electron chi connectivity index (χ0n) is 12.8. The van der Waals surface area contributed by atoms with Crippen molar-refractivity contribution in [3.05, 3.63) is 59.9 Å². The number of anilines is 1. The standard InChI is InChI=1S/C18H21FN2O/c1-22-18-8-2-15(3-9-18)14-20-10-12-21(13-11-20)17-6-4-16(19)5-7-17/h2-9H,10-14H2,1H3. The zero-order valence-corrected chi connectivity index (χ0v) is 12.8. The monoisotopic (exact) mass is 300 g/mol. The van der Waals surface area contributed by atoms with Gasteiger partial charge in [-0.1, -0.05) is 12.1 Å². The smallest absolute Gasteiger partial charge is 0.123 e. The van der Waals surface area contributed by atoms with Gasteiger partial charge in [-0.3, -0.25) is 4.90 Å². The molecule has 1 saturated heterocycles. The van der Waals surface area contributed by atoms with Crippen LogP contribution in [0.15, 0.2) is 48.5 Å². The van der Waals surface area contributed by atoms with Crippen molar-refractivity contribution >= 4 is 5.69 Å². The van der Waals surface area contributed by atoms with Crippen LogP contribution in [-0.2, 0) is 6.54 Å². The Bertz CT molecular complexity index is 589. The molecule has 0 spiro atoms. The van der Waals surface area contributed by atoms with Crippen molar-refractivity contribution in [3.63, 3.8) is 0 Å². The molecule has 0 unspecified atom stereocenters. The Labute approximate surface area is 130 Å². The summed E-state index contributed by atoms with van der Waals surface area (Å²) in [6, 6.07) is 15.0. The minimum Gasteiger partial charge on any atom is -0.497 e. The lowest BCUT2D eigenvalue weighted by Crippen LogP contribution is -2.45. The molecule has 2 aromatic carbocycles. The average Bonchev–Trinajstić information content (AvgIpc) is 2.57. The Kier molecular flexibility index (Phi) is 4.59. The molecule has 0 radical (unpaired) electrons. The molecule has 0 saturated carbocycles. The van der Waals surface area contributed by atoms with E-state index < -0.39 is 0 Å². The van der Waals surface area contributed by atoms with E-state index in [0.717, 1.165) is 44.2 Å². The van der Waals surface area contributed by atoms with Gasteiger partial charge in [0.15, 0.2) is 0 Å². The Morgan fingerprint density at radius 1 is 0.909 bits per heavy atom. The molecule has 3 rings (SSSR count). The van der Waals surface area contributed by atoms with E-state index in [1.807, 2.05) is 24.3 Å². The topological polar surface area (TPSA) is 15.7 Å². The molecule has 1 aliphatic rings. The molecule has 2 aromatic rings. The molecular formula is C18H21FN2O. The van der Waals surface area contributed by atoms with Crippen LogP contribution in [0, 0.1) is 5.82 Å². The molecule has 0 aromatic heterocycles. The van der Waals surface area contributed by atoms with E-state index in [-0.39, 0.29) is 5.82 Å². The van der Waals surface area contributed by atoms with Gasteiger partial charge in [0, 0.05) is 38.4 Å². The van der Waals surface area contributed by atoms with Crippen LogP contribution in [0.3, 0.4) is 0 Å². The van der Waals surface area contributed by atoms with Crippen molar-refractivity contribution in [1.29, 1.82) is 0 Å². The molecule has 22 heavy (non-hydrogen) atoms. The number of piperazine rings is 1. The summed E-state index contributed by atoms with van der Waals surface area (Å²) in [7, 11) is 1.68. The summed E-state index contributed by atoms with van der Waals surface area (Å²) in [6.45, 7) is 4.94. The molecule has 0 atom stereocenters. The van der Waals surface area contributed by atoms with Crippen molar-refractivity contribution in [2.45, 2.75) is 6.54 Å². The van der Waals surface area contributed by atoms with Crippen LogP contribution >= 0.6 is 0 Å². The number of nitrogens with zero attached hydrogens (tertiary/aromatic N) is 2. The fourth-order valence-corrected chi connectivity index (χ4v) is 2.81. The summed E-state index contributed by atoms with van der Waals surface area (Å²) in [5.74, 6) is 0.715. The van der Waals surface area contributed by atoms with Crippen LogP contribution in [-0.4, -0.2) is 38.2 Å². The number of methoxy groups -OCH3 is 1. The van der Waals surface area contributed by atoms with Gasteiger partial charge in [0.2, 0.25) is 0 Å². The summed E-state index contributed by atoms with van der Waals surface area (Å²) < 4.78 is 18.2. The highest BCUT2D eigenvalue weighted by Crippen LogP contribution is 2.18. The van der Waals surface area contributed by atoms with Gasteiger partial charge in [0.05, 0.1) is 7.11 Å². The van der Waals surface area contributed by atoms with Crippen molar-refractivity contribution in [1.82, 2.24) is 4.90 Å². The lowest BCUT2D eigenvalue weighted by molar-refractivity contribution is 0.250. The van der Waals surface area contributed by atoms with E-state index in [1.54, 1.807) is 7.11 Å². The molecule has 1 fully saturated rings. The van der Waals surface area contributed by atoms with Crippen LogP contribution in [0.2, 0.25) is 0 Å². The van der Waals surface area contributed by atoms with Crippen LogP contribution in [0.5, 0.6) is 5.75 Å². The molecule has 0 aliphatic carbocycles. The molecular weight excluding hydrogens is 279 g/mol. The van der Waals surface area contributed by atoms with Crippen molar-refractivity contribution in [2.75, 3.05) is 38.2 Å². The summed E-state index contributed by atoms with van der Waals surface area (Å²) in [5.41, 5.74) is 2.40. The number of hydrogen-bond donors (Lipinski definition) is 0. The van der Waals surface area contributed by atoms with Gasteiger partial charge in [0.1, 0.15) is 11.6 Å². The first-order chi connectivity index (χ1) is 10.7. The second-order valence-corrected chi connectivity index (χ2v) is 5.59. The Morgan fingerprint density at radius 2 is 1.55 bits per heavy atom. The largest absolute Gasteiger partial charge is 0.497 e. The maximum absolute atomic E-state index is 13.0. The maximum atomic E-state index is 13.0. The number of rotatable bonds is 4. The average molecular weight is 300 g/mol. The highest BCUT2D eigenvalue weighted by molar-refractivity contribution is 5.46. The minimum atomic E-state index is -0.179. The van der Waals surface area contributed by atoms with E-state index in [0.29, 0.717) is 0 Å². The Balaban J connectivity index is 1.53. The summed E-state index contributed by atoms with van der Waals surface area (Å²) in [4.78, 5) is 4.76. The highest BCUT2D eigenvalue weighted by atomic mass is 19.1. The van der Waals surface area contributed by atoms with Gasteiger partial charge >= 0.3 is 0 Å². The maximum Gasteiger partial charge on any atom is 0.123 e. The first-order valence-corrected chi connectivity index (χ1v) is 7.60. The van der Waals surface area contributed by atoms with Crippen molar-refractivity contribution < 1.29 is 9.13 Å². The lowest BCUT2D eigenvalue weighted by Gasteiger charge is -2.36. The molecule has 116 valence electrons. The third kappa shape index (κ3) is 3.57. The van der Waals surface area contributed by atoms with Crippen LogP contribution in [0.25, 0.3) is 0 Å². The predicted molar refractivity (Wildman–Crippen MR) is 86.9 cm³/mol. The lowest BCUT2D eigenvalue weighted by atomic mass is 10.2. The fourth-order valence-electron chi connectivity index (χ4n) is 2.81. The molecule has 1 aliphatic heterocycles. The summed E-state index contributed by atoms with van der Waals surface area (Å²) in [6.07, 6.45) is 0. The fraction of sp³-hybridized carbons (Fsp3) is 0.333. The highest BCUT2D eigenvalue weighted by Gasteiger charge is 2.17. The van der Waals surface area contributed by atoms with E-state index >= 15 is 0 Å². The number of ether oxygens (including phenoxy) is 1. The van der Waals surface area contributed by atoms with Gasteiger partial charge in [0.25, 0.3) is 0 Å². The van der Waals surface area contributed by atoms with Crippen LogP contribution in [0.4, 0.5) is 10.1 Å². The second-order valence-electron chi connectivity index (χ2n) is 5.59. The quantitative estimate of drug-likeness (QED) is 0.862. The number of hydrogen-bond acceptors (Lipinski definition) is 3. The normalized spacial score (nSPS) is 15.8. The molecule has 1 heterocycles. The minimum absolute atomic E-state index is 0.179. The van der Waals surface area contributed by atoms with E-state index in [4.69, 9.17) is 4.74 Å². The Hall–Kier alpha value is -2.07. The third-order valence-electron chi connectivity index (χ3n) is 4.13. The molecule has 0 N–H and O–H groups in total. The summed E-state index contributed by atoms with van der Waals surface area (Å²) >= 11 is 0. The molecule has 4 heteroatoms.